The second-order valence-corrected chi connectivity index (χ2v) is 13.6. The maximum absolute atomic E-state index is 14.3. The minimum absolute atomic E-state index is 0.0494. The third-order valence-corrected chi connectivity index (χ3v) is 9.62. The van der Waals surface area contributed by atoms with Crippen molar-refractivity contribution in [3.8, 4) is 0 Å². The van der Waals surface area contributed by atoms with Crippen LogP contribution >= 0.6 is 0 Å². The molecule has 3 aliphatic heterocycles. The van der Waals surface area contributed by atoms with E-state index in [1.165, 1.54) is 47.7 Å². The predicted molar refractivity (Wildman–Crippen MR) is 192 cm³/mol. The van der Waals surface area contributed by atoms with Crippen molar-refractivity contribution in [3.63, 3.8) is 0 Å². The average Bonchev–Trinajstić information content (AvgIpc) is 3.78. The first kappa shape index (κ1) is 39.5. The number of carbonyl (C=O) groups is 7. The second kappa shape index (κ2) is 18.3. The molecule has 1 aromatic carbocycles. The normalized spacial score (nSPS) is 27.2. The Balaban J connectivity index is 1.66. The molecular weight excluding hydrogens is 668 g/mol. The lowest BCUT2D eigenvalue weighted by atomic mass is 10.0. The van der Waals surface area contributed by atoms with E-state index in [0.717, 1.165) is 5.56 Å². The van der Waals surface area contributed by atoms with Gasteiger partial charge in [0.2, 0.25) is 35.4 Å². The van der Waals surface area contributed by atoms with Gasteiger partial charge in [-0.3, -0.25) is 28.8 Å². The Morgan fingerprint density at radius 1 is 0.942 bits per heavy atom. The molecule has 280 valence electrons. The number of likely N-dealkylation sites (N-methyl/N-ethyl adjacent to an activating group) is 1. The van der Waals surface area contributed by atoms with Crippen molar-refractivity contribution in [2.45, 2.75) is 89.6 Å². The number of rotatable bonds is 8. The number of ether oxygens (including phenoxy) is 1. The molecule has 0 aliphatic carbocycles. The van der Waals surface area contributed by atoms with Crippen LogP contribution in [0.15, 0.2) is 66.8 Å². The molecule has 52 heavy (non-hydrogen) atoms. The van der Waals surface area contributed by atoms with Crippen molar-refractivity contribution in [3.05, 3.63) is 72.4 Å². The van der Waals surface area contributed by atoms with Gasteiger partial charge in [-0.1, -0.05) is 67.6 Å². The summed E-state index contributed by atoms with van der Waals surface area (Å²) in [6.45, 7) is 6.67. The Morgan fingerprint density at radius 2 is 1.65 bits per heavy atom. The molecule has 3 N–H and O–H groups in total. The fourth-order valence-corrected chi connectivity index (χ4v) is 6.62. The van der Waals surface area contributed by atoms with Crippen LogP contribution in [0.5, 0.6) is 0 Å². The number of hydrogen-bond donors (Lipinski definition) is 3. The smallest absolute Gasteiger partial charge is 0.328 e. The van der Waals surface area contributed by atoms with E-state index >= 15 is 0 Å². The van der Waals surface area contributed by atoms with Crippen LogP contribution in [-0.4, -0.2) is 119 Å². The standard InChI is InChI=1S/C38H50N6O8/c1-6-7-8-9-13-18-32(45)40-28(21-27-15-11-10-12-16-27)34(47)41-29-23-52-38(51)31-20-24(2)22-44(31)35(48)25(3)39-33(46)26(4)42(5)37(50)30-17-14-19-43(30)36(29)49/h6-13,15-16,18,24-26,28-31H,14,17,19-23H2,1-5H3,(H,39,46)(H,40,45)(H,41,47)/b7-6+,9-8+,18-13+/t24?,25-,26-,28-,29-,30-,31-/m0/s1. The van der Waals surface area contributed by atoms with Gasteiger partial charge >= 0.3 is 5.97 Å². The zero-order chi connectivity index (χ0) is 37.9. The highest BCUT2D eigenvalue weighted by Gasteiger charge is 2.44. The monoisotopic (exact) mass is 718 g/mol. The van der Waals surface area contributed by atoms with Gasteiger partial charge in [-0.05, 0) is 51.5 Å². The zero-order valence-corrected chi connectivity index (χ0v) is 30.4. The van der Waals surface area contributed by atoms with Crippen LogP contribution < -0.4 is 16.0 Å². The van der Waals surface area contributed by atoms with Gasteiger partial charge in [0, 0.05) is 32.6 Å². The van der Waals surface area contributed by atoms with Gasteiger partial charge in [0.15, 0.2) is 0 Å². The number of nitrogens with zero attached hydrogens (tertiary/aromatic N) is 3. The molecule has 14 heteroatoms. The molecule has 7 atom stereocenters. The van der Waals surface area contributed by atoms with Crippen LogP contribution in [-0.2, 0) is 44.7 Å². The Labute approximate surface area is 304 Å². The maximum Gasteiger partial charge on any atom is 0.328 e. The summed E-state index contributed by atoms with van der Waals surface area (Å²) in [4.78, 5) is 99.2. The summed E-state index contributed by atoms with van der Waals surface area (Å²) in [5, 5.41) is 8.08. The molecule has 0 radical (unpaired) electrons. The molecule has 0 aromatic heterocycles. The molecule has 3 aliphatic rings. The molecule has 0 spiro atoms. The third kappa shape index (κ3) is 9.95. The third-order valence-electron chi connectivity index (χ3n) is 9.62. The number of benzene rings is 1. The Morgan fingerprint density at radius 3 is 2.37 bits per heavy atom. The van der Waals surface area contributed by atoms with Crippen molar-refractivity contribution in [2.24, 2.45) is 5.92 Å². The predicted octanol–water partition coefficient (Wildman–Crippen LogP) is 1.02. The van der Waals surface area contributed by atoms with Gasteiger partial charge in [-0.25, -0.2) is 4.79 Å². The van der Waals surface area contributed by atoms with E-state index in [4.69, 9.17) is 4.74 Å². The molecule has 3 saturated heterocycles. The molecule has 3 heterocycles. The van der Waals surface area contributed by atoms with Crippen LogP contribution in [0.25, 0.3) is 0 Å². The largest absolute Gasteiger partial charge is 0.461 e. The van der Waals surface area contributed by atoms with E-state index in [-0.39, 0.29) is 25.4 Å². The van der Waals surface area contributed by atoms with Crippen molar-refractivity contribution in [1.82, 2.24) is 30.7 Å². The molecule has 6 amide bonds. The van der Waals surface area contributed by atoms with Crippen LogP contribution in [0.1, 0.15) is 52.5 Å². The van der Waals surface area contributed by atoms with Crippen molar-refractivity contribution >= 4 is 41.4 Å². The number of allylic oxidation sites excluding steroid dienone is 5. The highest BCUT2D eigenvalue weighted by atomic mass is 16.5. The topological polar surface area (TPSA) is 175 Å². The van der Waals surface area contributed by atoms with Gasteiger partial charge in [0.05, 0.1) is 0 Å². The number of fused-ring (bicyclic) bond motifs is 2. The van der Waals surface area contributed by atoms with E-state index in [1.807, 2.05) is 26.0 Å². The maximum atomic E-state index is 14.3. The van der Waals surface area contributed by atoms with Gasteiger partial charge < -0.3 is 35.4 Å². The van der Waals surface area contributed by atoms with Crippen LogP contribution in [0.3, 0.4) is 0 Å². The lowest BCUT2D eigenvalue weighted by molar-refractivity contribution is -0.158. The average molecular weight is 719 g/mol. The molecular formula is C38H50N6O8. The van der Waals surface area contributed by atoms with E-state index in [1.54, 1.807) is 42.5 Å². The summed E-state index contributed by atoms with van der Waals surface area (Å²) in [5.41, 5.74) is 0.747. The van der Waals surface area contributed by atoms with E-state index in [9.17, 15) is 33.6 Å². The summed E-state index contributed by atoms with van der Waals surface area (Å²) in [6, 6.07) is 2.59. The number of esters is 1. The first-order valence-corrected chi connectivity index (χ1v) is 17.8. The molecule has 0 bridgehead atoms. The molecule has 1 unspecified atom stereocenters. The minimum Gasteiger partial charge on any atom is -0.461 e. The number of nitrogens with one attached hydrogen (secondary N) is 3. The van der Waals surface area contributed by atoms with E-state index in [0.29, 0.717) is 19.3 Å². The highest BCUT2D eigenvalue weighted by molar-refractivity contribution is 5.98. The minimum atomic E-state index is -1.43. The number of carbonyl (C=O) groups excluding carboxylic acids is 7. The summed E-state index contributed by atoms with van der Waals surface area (Å²) in [7, 11) is 1.46. The molecule has 14 nitrogen and oxygen atoms in total. The van der Waals surface area contributed by atoms with Gasteiger partial charge in [-0.2, -0.15) is 0 Å². The summed E-state index contributed by atoms with van der Waals surface area (Å²) >= 11 is 0. The Bertz CT molecular complexity index is 1590. The number of cyclic esters (lactones) is 1. The Kier molecular flexibility index (Phi) is 13.9. The number of hydrogen-bond acceptors (Lipinski definition) is 8. The van der Waals surface area contributed by atoms with Crippen LogP contribution in [0.2, 0.25) is 0 Å². The van der Waals surface area contributed by atoms with Crippen molar-refractivity contribution < 1.29 is 38.3 Å². The summed E-state index contributed by atoms with van der Waals surface area (Å²) in [6.07, 6.45) is 11.0. The lowest BCUT2D eigenvalue weighted by Crippen LogP contribution is -2.60. The fraction of sp³-hybridized carbons (Fsp3) is 0.500. The van der Waals surface area contributed by atoms with Crippen molar-refractivity contribution in [2.75, 3.05) is 26.7 Å². The molecule has 3 fully saturated rings. The first-order valence-electron chi connectivity index (χ1n) is 17.8. The lowest BCUT2D eigenvalue weighted by Gasteiger charge is -2.34. The quantitative estimate of drug-likeness (QED) is 0.203. The summed E-state index contributed by atoms with van der Waals surface area (Å²) < 4.78 is 5.68. The van der Waals surface area contributed by atoms with E-state index in [2.05, 4.69) is 16.0 Å². The SMILES string of the molecule is C/C=C/C=C/C=C/C(=O)N[C@@H](Cc1ccccc1)C(=O)N[C@H]1COC(=O)[C@@H]2CC(C)CN2C(=O)[C@H](C)NC(=O)[C@H](C)N(C)C(=O)[C@@H]2CCCN2C1=O. The Hall–Kier alpha value is -5.27. The van der Waals surface area contributed by atoms with Crippen LogP contribution in [0, 0.1) is 5.92 Å². The first-order chi connectivity index (χ1) is 24.8. The van der Waals surface area contributed by atoms with Gasteiger partial charge in [0.1, 0.15) is 42.9 Å². The highest BCUT2D eigenvalue weighted by Crippen LogP contribution is 2.26. The second-order valence-electron chi connectivity index (χ2n) is 13.6. The van der Waals surface area contributed by atoms with Gasteiger partial charge in [0.25, 0.3) is 0 Å². The van der Waals surface area contributed by atoms with Crippen LogP contribution in [0.4, 0.5) is 0 Å². The molecule has 0 saturated carbocycles. The summed E-state index contributed by atoms with van der Waals surface area (Å²) in [5.74, 6) is -4.25. The van der Waals surface area contributed by atoms with Crippen molar-refractivity contribution in [1.29, 1.82) is 0 Å². The van der Waals surface area contributed by atoms with E-state index < -0.39 is 84.3 Å². The molecule has 4 rings (SSSR count). The molecule has 1 aromatic rings. The zero-order valence-electron chi connectivity index (χ0n) is 30.4. The van der Waals surface area contributed by atoms with Gasteiger partial charge in [-0.15, -0.1) is 0 Å². The fourth-order valence-electron chi connectivity index (χ4n) is 6.62. The number of amides is 6.